The molecule has 0 spiro atoms. The summed E-state index contributed by atoms with van der Waals surface area (Å²) >= 11 is 0. The minimum absolute atomic E-state index is 0.0261. The van der Waals surface area contributed by atoms with Crippen LogP contribution in [0.25, 0.3) is 22.3 Å². The van der Waals surface area contributed by atoms with Crippen molar-refractivity contribution >= 4 is 34.2 Å². The molecule has 2 N–H and O–H groups in total. The van der Waals surface area contributed by atoms with Crippen LogP contribution in [0.4, 0.5) is 11.5 Å². The number of likely N-dealkylation sites (tertiary alicyclic amines) is 1. The zero-order valence-electron chi connectivity index (χ0n) is 22.9. The molecular formula is C30H38N6O2. The van der Waals surface area contributed by atoms with Crippen LogP contribution in [0.1, 0.15) is 77.8 Å². The van der Waals surface area contributed by atoms with E-state index in [9.17, 15) is 9.59 Å². The highest BCUT2D eigenvalue weighted by atomic mass is 16.2. The van der Waals surface area contributed by atoms with Crippen LogP contribution < -0.4 is 10.6 Å². The highest BCUT2D eigenvalue weighted by molar-refractivity contribution is 6.11. The quantitative estimate of drug-likeness (QED) is 0.504. The van der Waals surface area contributed by atoms with Gasteiger partial charge in [-0.3, -0.25) is 9.59 Å². The number of piperidine rings is 1. The highest BCUT2D eigenvalue weighted by Gasteiger charge is 2.52. The lowest BCUT2D eigenvalue weighted by Gasteiger charge is -2.48. The summed E-state index contributed by atoms with van der Waals surface area (Å²) in [5.41, 5.74) is 10.7. The standard InChI is InChI=1S/C30H38N6O2/c1-18(2)35-17-32-25-15-24(33-28(31)27(25)35)20-8-9-23-26(12-20)36(29(38)30(23,4)16-19(3)37)22-13-21(14-22)34-10-6-5-7-11-34/h8-9,12,15,17-18,21-22H,5-7,10-11,13-14,16H2,1-4H3,(H2,31,33). The molecule has 3 aliphatic rings. The Balaban J connectivity index is 1.37. The van der Waals surface area contributed by atoms with E-state index in [1.807, 2.05) is 40.9 Å². The van der Waals surface area contributed by atoms with Crippen molar-refractivity contribution in [3.8, 4) is 11.3 Å². The van der Waals surface area contributed by atoms with Gasteiger partial charge in [0.1, 0.15) is 17.1 Å². The van der Waals surface area contributed by atoms with E-state index >= 15 is 0 Å². The predicted octanol–water partition coefficient (Wildman–Crippen LogP) is 4.86. The van der Waals surface area contributed by atoms with E-state index in [1.54, 1.807) is 6.92 Å². The molecule has 1 aliphatic carbocycles. The van der Waals surface area contributed by atoms with Gasteiger partial charge >= 0.3 is 0 Å². The first kappa shape index (κ1) is 25.0. The Kier molecular flexibility index (Phi) is 6.05. The van der Waals surface area contributed by atoms with Crippen molar-refractivity contribution in [3.63, 3.8) is 0 Å². The second kappa shape index (κ2) is 9.19. The molecule has 1 unspecified atom stereocenters. The average molecular weight is 515 g/mol. The number of amides is 1. The lowest BCUT2D eigenvalue weighted by Crippen LogP contribution is -2.57. The van der Waals surface area contributed by atoms with Crippen molar-refractivity contribution in [2.24, 2.45) is 0 Å². The molecule has 8 nitrogen and oxygen atoms in total. The predicted molar refractivity (Wildman–Crippen MR) is 150 cm³/mol. The highest BCUT2D eigenvalue weighted by Crippen LogP contribution is 2.49. The number of pyridine rings is 1. The summed E-state index contributed by atoms with van der Waals surface area (Å²) in [4.78, 5) is 40.2. The molecule has 0 bridgehead atoms. The molecule has 2 fully saturated rings. The smallest absolute Gasteiger partial charge is 0.238 e. The number of nitrogen functional groups attached to an aromatic ring is 1. The molecule has 0 radical (unpaired) electrons. The topological polar surface area (TPSA) is 97.4 Å². The van der Waals surface area contributed by atoms with Crippen molar-refractivity contribution in [1.82, 2.24) is 19.4 Å². The van der Waals surface area contributed by atoms with Gasteiger partial charge in [-0.1, -0.05) is 18.6 Å². The molecule has 1 amide bonds. The summed E-state index contributed by atoms with van der Waals surface area (Å²) in [5, 5.41) is 0. The molecule has 2 aromatic heterocycles. The van der Waals surface area contributed by atoms with Crippen molar-refractivity contribution < 1.29 is 9.59 Å². The second-order valence-electron chi connectivity index (χ2n) is 12.0. The van der Waals surface area contributed by atoms with Gasteiger partial charge in [0.2, 0.25) is 5.91 Å². The number of hydrogen-bond donors (Lipinski definition) is 1. The van der Waals surface area contributed by atoms with Crippen molar-refractivity contribution in [2.45, 2.75) is 89.8 Å². The Hall–Kier alpha value is -3.26. The van der Waals surface area contributed by atoms with Crippen molar-refractivity contribution in [1.29, 1.82) is 0 Å². The zero-order chi connectivity index (χ0) is 26.8. The summed E-state index contributed by atoms with van der Waals surface area (Å²) in [6.45, 7) is 10.0. The summed E-state index contributed by atoms with van der Waals surface area (Å²) in [5.74, 6) is 0.514. The maximum absolute atomic E-state index is 14.0. The summed E-state index contributed by atoms with van der Waals surface area (Å²) in [6.07, 6.45) is 7.83. The van der Waals surface area contributed by atoms with E-state index in [2.05, 4.69) is 29.8 Å². The average Bonchev–Trinajstić information content (AvgIpc) is 3.38. The van der Waals surface area contributed by atoms with Crippen molar-refractivity contribution in [3.05, 3.63) is 36.2 Å². The third-order valence-corrected chi connectivity index (χ3v) is 8.94. The van der Waals surface area contributed by atoms with Gasteiger partial charge < -0.3 is 20.1 Å². The second-order valence-corrected chi connectivity index (χ2v) is 12.0. The van der Waals surface area contributed by atoms with Crippen LogP contribution in [0.3, 0.4) is 0 Å². The number of aromatic nitrogens is 3. The Morgan fingerprint density at radius 3 is 2.55 bits per heavy atom. The van der Waals surface area contributed by atoms with E-state index in [-0.39, 0.29) is 30.2 Å². The number of carbonyl (C=O) groups is 2. The number of fused-ring (bicyclic) bond motifs is 2. The molecule has 3 aromatic rings. The van der Waals surface area contributed by atoms with Gasteiger partial charge in [-0.05, 0) is 84.2 Å². The SMILES string of the molecule is CC(=O)CC1(C)C(=O)N(C2CC(N3CCCCC3)C2)c2cc(-c3cc4ncn(C(C)C)c4c(N)n3)ccc21. The van der Waals surface area contributed by atoms with Gasteiger partial charge in [-0.15, -0.1) is 0 Å². The van der Waals surface area contributed by atoms with E-state index in [1.165, 1.54) is 19.3 Å². The van der Waals surface area contributed by atoms with Gasteiger partial charge in [0.25, 0.3) is 0 Å². The number of nitrogens with zero attached hydrogens (tertiary/aromatic N) is 5. The summed E-state index contributed by atoms with van der Waals surface area (Å²) < 4.78 is 2.03. The van der Waals surface area contributed by atoms with Gasteiger partial charge in [-0.25, -0.2) is 9.97 Å². The van der Waals surface area contributed by atoms with Crippen LogP contribution in [0.2, 0.25) is 0 Å². The number of anilines is 2. The summed E-state index contributed by atoms with van der Waals surface area (Å²) in [7, 11) is 0. The van der Waals surface area contributed by atoms with Crippen LogP contribution in [0, 0.1) is 0 Å². The van der Waals surface area contributed by atoms with Crippen LogP contribution in [0.5, 0.6) is 0 Å². The Labute approximate surface area is 224 Å². The van der Waals surface area contributed by atoms with Gasteiger partial charge in [0.05, 0.1) is 23.0 Å². The minimum Gasteiger partial charge on any atom is -0.382 e. The third-order valence-electron chi connectivity index (χ3n) is 8.94. The first-order valence-electron chi connectivity index (χ1n) is 14.0. The fraction of sp³-hybridized carbons (Fsp3) is 0.533. The van der Waals surface area contributed by atoms with Crippen LogP contribution >= 0.6 is 0 Å². The van der Waals surface area contributed by atoms with E-state index in [4.69, 9.17) is 10.7 Å². The number of hydrogen-bond acceptors (Lipinski definition) is 6. The Morgan fingerprint density at radius 1 is 1.13 bits per heavy atom. The number of carbonyl (C=O) groups excluding carboxylic acids is 2. The normalized spacial score (nSPS) is 25.7. The Morgan fingerprint density at radius 2 is 1.87 bits per heavy atom. The largest absolute Gasteiger partial charge is 0.382 e. The first-order valence-corrected chi connectivity index (χ1v) is 14.0. The Bertz CT molecular complexity index is 1420. The minimum atomic E-state index is -0.845. The number of nitrogens with two attached hydrogens (primary N) is 1. The molecule has 1 saturated heterocycles. The monoisotopic (exact) mass is 514 g/mol. The van der Waals surface area contributed by atoms with Crippen molar-refractivity contribution in [2.75, 3.05) is 23.7 Å². The number of imidazole rings is 1. The molecule has 200 valence electrons. The molecule has 4 heterocycles. The fourth-order valence-electron chi connectivity index (χ4n) is 6.86. The van der Waals surface area contributed by atoms with Gasteiger partial charge in [-0.2, -0.15) is 0 Å². The number of ketones is 1. The van der Waals surface area contributed by atoms with E-state index < -0.39 is 5.41 Å². The molecule has 1 atom stereocenters. The van der Waals surface area contributed by atoms with Crippen LogP contribution in [0.15, 0.2) is 30.6 Å². The molecule has 2 aliphatic heterocycles. The maximum Gasteiger partial charge on any atom is 0.238 e. The molecule has 6 rings (SSSR count). The zero-order valence-corrected chi connectivity index (χ0v) is 22.9. The first-order chi connectivity index (χ1) is 18.2. The van der Waals surface area contributed by atoms with Crippen LogP contribution in [-0.4, -0.2) is 56.3 Å². The lowest BCUT2D eigenvalue weighted by molar-refractivity contribution is -0.128. The molecule has 8 heteroatoms. The summed E-state index contributed by atoms with van der Waals surface area (Å²) in [6, 6.07) is 8.97. The number of Topliss-reactive ketones (excluding diaryl/α,β-unsaturated/α-hetero) is 1. The molecule has 1 saturated carbocycles. The van der Waals surface area contributed by atoms with Crippen LogP contribution in [-0.2, 0) is 15.0 Å². The van der Waals surface area contributed by atoms with Gasteiger partial charge in [0, 0.05) is 35.8 Å². The molecule has 1 aromatic carbocycles. The van der Waals surface area contributed by atoms with Gasteiger partial charge in [0.15, 0.2) is 0 Å². The third kappa shape index (κ3) is 3.92. The number of rotatable bonds is 6. The van der Waals surface area contributed by atoms with E-state index in [0.29, 0.717) is 11.9 Å². The fourth-order valence-corrected chi connectivity index (χ4v) is 6.86. The molecular weight excluding hydrogens is 476 g/mol. The molecule has 38 heavy (non-hydrogen) atoms. The van der Waals surface area contributed by atoms with E-state index in [0.717, 1.165) is 59.5 Å². The lowest BCUT2D eigenvalue weighted by atomic mass is 9.79. The maximum atomic E-state index is 14.0. The number of benzene rings is 1.